The van der Waals surface area contributed by atoms with Crippen LogP contribution in [0.2, 0.25) is 0 Å². The van der Waals surface area contributed by atoms with E-state index < -0.39 is 64.4 Å². The number of hydrogen-bond donors (Lipinski definition) is 3. The number of nitrogens with zero attached hydrogens (tertiary/aromatic N) is 2. The topological polar surface area (TPSA) is 158 Å². The monoisotopic (exact) mass is 583 g/mol. The van der Waals surface area contributed by atoms with Gasteiger partial charge in [0.1, 0.15) is 5.75 Å². The van der Waals surface area contributed by atoms with E-state index in [0.717, 1.165) is 16.6 Å². The third-order valence-corrected chi connectivity index (χ3v) is 9.55. The predicted octanol–water partition coefficient (Wildman–Crippen LogP) is 1.66. The summed E-state index contributed by atoms with van der Waals surface area (Å²) in [6.45, 7) is 0.539. The lowest BCUT2D eigenvalue weighted by molar-refractivity contribution is -0.181. The Morgan fingerprint density at radius 2 is 1.70 bits per heavy atom. The molecule has 43 heavy (non-hydrogen) atoms. The van der Waals surface area contributed by atoms with Gasteiger partial charge in [-0.1, -0.05) is 36.4 Å². The summed E-state index contributed by atoms with van der Waals surface area (Å²) >= 11 is 0. The van der Waals surface area contributed by atoms with E-state index in [1.807, 2.05) is 61.6 Å². The number of hydrogen-bond acceptors (Lipinski definition) is 9. The third kappa shape index (κ3) is 4.19. The first kappa shape index (κ1) is 28.7. The average Bonchev–Trinajstić information content (AvgIpc) is 2.95. The molecule has 2 unspecified atom stereocenters. The zero-order valence-electron chi connectivity index (χ0n) is 24.1. The molecule has 4 N–H and O–H groups in total. The van der Waals surface area contributed by atoms with Crippen LogP contribution in [0, 0.1) is 23.7 Å². The summed E-state index contributed by atoms with van der Waals surface area (Å²) in [5.41, 5.74) is 5.11. The Balaban J connectivity index is 1.40. The van der Waals surface area contributed by atoms with Crippen LogP contribution in [0.15, 0.2) is 54.6 Å². The molecule has 0 bridgehead atoms. The first-order chi connectivity index (χ1) is 20.4. The summed E-state index contributed by atoms with van der Waals surface area (Å²) in [5, 5.41) is 24.4. The second-order valence-corrected chi connectivity index (χ2v) is 12.3. The molecule has 10 heteroatoms. The normalized spacial score (nSPS) is 28.4. The highest BCUT2D eigenvalue weighted by atomic mass is 16.3. The van der Waals surface area contributed by atoms with Crippen molar-refractivity contribution in [2.24, 2.45) is 29.4 Å². The summed E-state index contributed by atoms with van der Waals surface area (Å²) in [7, 11) is 5.07. The van der Waals surface area contributed by atoms with E-state index in [0.29, 0.717) is 17.5 Å². The number of amides is 1. The Kier molecular flexibility index (Phi) is 6.74. The van der Waals surface area contributed by atoms with Gasteiger partial charge in [0.15, 0.2) is 34.7 Å². The number of Topliss-reactive ketones (excluding diaryl/α,β-unsaturated/α-hetero) is 4. The molecule has 3 aromatic carbocycles. The van der Waals surface area contributed by atoms with Crippen molar-refractivity contribution in [1.29, 1.82) is 0 Å². The maximum Gasteiger partial charge on any atom is 0.235 e. The Labute approximate surface area is 248 Å². The molecular weight excluding hydrogens is 550 g/mol. The van der Waals surface area contributed by atoms with Crippen molar-refractivity contribution in [3.63, 3.8) is 0 Å². The zero-order chi connectivity index (χ0) is 31.0. The highest BCUT2D eigenvalue weighted by molar-refractivity contribution is 6.32. The number of aromatic hydroxyl groups is 1. The van der Waals surface area contributed by atoms with Crippen LogP contribution >= 0.6 is 0 Å². The van der Waals surface area contributed by atoms with Gasteiger partial charge in [-0.15, -0.1) is 0 Å². The van der Waals surface area contributed by atoms with E-state index in [1.54, 1.807) is 14.1 Å². The lowest BCUT2D eigenvalue weighted by atomic mass is 9.52. The highest BCUT2D eigenvalue weighted by Gasteiger charge is 2.69. The lowest BCUT2D eigenvalue weighted by Gasteiger charge is -2.52. The van der Waals surface area contributed by atoms with Gasteiger partial charge in [0, 0.05) is 30.6 Å². The van der Waals surface area contributed by atoms with Gasteiger partial charge in [-0.25, -0.2) is 0 Å². The van der Waals surface area contributed by atoms with Crippen LogP contribution in [-0.4, -0.2) is 76.9 Å². The lowest BCUT2D eigenvalue weighted by Crippen LogP contribution is -2.74. The number of anilines is 1. The van der Waals surface area contributed by atoms with Gasteiger partial charge in [-0.05, 0) is 67.6 Å². The SMILES string of the molecule is CN(Cc1ccc2cc3c(c(O)c2c1)C(=O)C1C(=O)[C@]2(O)C(=O)C(C(N)=O)C(=O)[C@@H](N(C)C)[C@@H]2C[C@@H]1C3)c1ccccc1. The number of rotatable bonds is 5. The smallest absolute Gasteiger partial charge is 0.235 e. The molecule has 10 nitrogen and oxygen atoms in total. The third-order valence-electron chi connectivity index (χ3n) is 9.55. The van der Waals surface area contributed by atoms with Gasteiger partial charge in [-0.3, -0.25) is 28.9 Å². The van der Waals surface area contributed by atoms with E-state index in [4.69, 9.17) is 5.73 Å². The van der Waals surface area contributed by atoms with Crippen molar-refractivity contribution in [1.82, 2.24) is 4.90 Å². The molecule has 0 aliphatic heterocycles. The van der Waals surface area contributed by atoms with Gasteiger partial charge in [0.25, 0.3) is 0 Å². The van der Waals surface area contributed by atoms with Crippen molar-refractivity contribution in [3.05, 3.63) is 71.3 Å². The van der Waals surface area contributed by atoms with Crippen LogP contribution in [0.4, 0.5) is 5.69 Å². The Bertz CT molecular complexity index is 1720. The van der Waals surface area contributed by atoms with Crippen molar-refractivity contribution in [2.45, 2.75) is 31.0 Å². The van der Waals surface area contributed by atoms with Crippen LogP contribution in [0.5, 0.6) is 5.75 Å². The summed E-state index contributed by atoms with van der Waals surface area (Å²) in [6.07, 6.45) is 0.251. The molecule has 0 heterocycles. The number of ketones is 4. The maximum atomic E-state index is 14.0. The van der Waals surface area contributed by atoms with Crippen molar-refractivity contribution in [2.75, 3.05) is 26.0 Å². The second kappa shape index (κ2) is 10.1. The van der Waals surface area contributed by atoms with Gasteiger partial charge in [-0.2, -0.15) is 0 Å². The first-order valence-corrected chi connectivity index (χ1v) is 14.2. The number of carbonyl (C=O) groups is 5. The Morgan fingerprint density at radius 3 is 2.35 bits per heavy atom. The van der Waals surface area contributed by atoms with Crippen molar-refractivity contribution < 1.29 is 34.2 Å². The molecule has 3 aliphatic rings. The number of nitrogens with two attached hydrogens (primary N) is 1. The number of likely N-dealkylation sites (N-methyl/N-ethyl adjacent to an activating group) is 1. The maximum absolute atomic E-state index is 14.0. The molecule has 0 saturated heterocycles. The number of benzene rings is 3. The minimum atomic E-state index is -2.74. The fourth-order valence-electron chi connectivity index (χ4n) is 7.57. The number of para-hydroxylation sites is 1. The van der Waals surface area contributed by atoms with Crippen LogP contribution in [0.1, 0.15) is 27.9 Å². The highest BCUT2D eigenvalue weighted by Crippen LogP contribution is 2.51. The first-order valence-electron chi connectivity index (χ1n) is 14.2. The Morgan fingerprint density at radius 1 is 1.00 bits per heavy atom. The molecule has 2 saturated carbocycles. The molecule has 0 radical (unpaired) electrons. The van der Waals surface area contributed by atoms with E-state index in [1.165, 1.54) is 4.90 Å². The number of phenols is 1. The van der Waals surface area contributed by atoms with E-state index in [2.05, 4.69) is 4.90 Å². The average molecular weight is 584 g/mol. The molecule has 6 rings (SSSR count). The standard InChI is InChI=1S/C33H33N3O7/c1-35(2)26-22-14-19-13-18-12-17-10-9-16(15-36(3)20-7-5-4-6-8-20)11-21(17)27(37)23(18)28(38)24(19)30(40)33(22,43)31(41)25(29(26)39)32(34)42/h4-12,19,22,24-26,37,43H,13-15H2,1-3H3,(H2,34,42)/t19-,22-,24?,25?,26-,33-/m0/s1. The van der Waals surface area contributed by atoms with E-state index in [-0.39, 0.29) is 24.2 Å². The van der Waals surface area contributed by atoms with Gasteiger partial charge >= 0.3 is 0 Å². The molecule has 1 amide bonds. The van der Waals surface area contributed by atoms with Gasteiger partial charge in [0.05, 0.1) is 17.5 Å². The summed E-state index contributed by atoms with van der Waals surface area (Å²) in [5.74, 6) is -10.4. The van der Waals surface area contributed by atoms with Crippen LogP contribution < -0.4 is 10.6 Å². The predicted molar refractivity (Wildman–Crippen MR) is 157 cm³/mol. The van der Waals surface area contributed by atoms with Crippen LogP contribution in [0.25, 0.3) is 10.8 Å². The Hall–Kier alpha value is -4.41. The summed E-state index contributed by atoms with van der Waals surface area (Å²) in [6, 6.07) is 16.2. The van der Waals surface area contributed by atoms with Gasteiger partial charge in [0.2, 0.25) is 5.91 Å². The molecule has 0 spiro atoms. The fourth-order valence-corrected chi connectivity index (χ4v) is 7.57. The minimum absolute atomic E-state index is 0.00680. The van der Waals surface area contributed by atoms with Crippen molar-refractivity contribution >= 4 is 45.5 Å². The molecule has 222 valence electrons. The van der Waals surface area contributed by atoms with Crippen LogP contribution in [-0.2, 0) is 32.1 Å². The van der Waals surface area contributed by atoms with Crippen LogP contribution in [0.3, 0.4) is 0 Å². The second-order valence-electron chi connectivity index (χ2n) is 12.3. The van der Waals surface area contributed by atoms with Gasteiger partial charge < -0.3 is 20.8 Å². The molecule has 3 aliphatic carbocycles. The number of fused-ring (bicyclic) bond motifs is 4. The largest absolute Gasteiger partial charge is 0.507 e. The summed E-state index contributed by atoms with van der Waals surface area (Å²) < 4.78 is 0. The molecule has 0 aromatic heterocycles. The van der Waals surface area contributed by atoms with E-state index >= 15 is 0 Å². The minimum Gasteiger partial charge on any atom is -0.507 e. The number of phenolic OH excluding ortho intramolecular Hbond substituents is 1. The van der Waals surface area contributed by atoms with E-state index in [9.17, 15) is 34.2 Å². The summed E-state index contributed by atoms with van der Waals surface area (Å²) in [4.78, 5) is 70.4. The molecule has 2 fully saturated rings. The number of primary amides is 1. The molecule has 6 atom stereocenters. The number of aliphatic hydroxyl groups is 1. The molecule has 3 aromatic rings. The fraction of sp³-hybridized carbons (Fsp3) is 0.364. The number of carbonyl (C=O) groups excluding carboxylic acids is 5. The zero-order valence-corrected chi connectivity index (χ0v) is 24.1. The quantitative estimate of drug-likeness (QED) is 0.380. The van der Waals surface area contributed by atoms with Crippen molar-refractivity contribution in [3.8, 4) is 5.75 Å². The molecular formula is C33H33N3O7.